The maximum absolute atomic E-state index is 12.3. The lowest BCUT2D eigenvalue weighted by molar-refractivity contribution is -0.136. The minimum absolute atomic E-state index is 0.223. The van der Waals surface area contributed by atoms with Crippen molar-refractivity contribution in [2.24, 2.45) is 0 Å². The van der Waals surface area contributed by atoms with Crippen LogP contribution in [0.1, 0.15) is 0 Å². The zero-order valence-electron chi connectivity index (χ0n) is 15.3. The van der Waals surface area contributed by atoms with Crippen LogP contribution in [0.3, 0.4) is 0 Å². The van der Waals surface area contributed by atoms with E-state index in [0.29, 0.717) is 16.7 Å². The van der Waals surface area contributed by atoms with E-state index >= 15 is 0 Å². The molecule has 1 amide bonds. The van der Waals surface area contributed by atoms with Crippen molar-refractivity contribution in [1.82, 2.24) is 20.1 Å². The molecular formula is C19H17F3N4O2S. The van der Waals surface area contributed by atoms with Crippen molar-refractivity contribution in [2.75, 3.05) is 19.4 Å². The topological polar surface area (TPSA) is 69.0 Å². The summed E-state index contributed by atoms with van der Waals surface area (Å²) >= 11 is 1.00. The largest absolute Gasteiger partial charge is 0.497 e. The predicted molar refractivity (Wildman–Crippen MR) is 103 cm³/mol. The number of thioether (sulfide) groups is 1. The van der Waals surface area contributed by atoms with Gasteiger partial charge in [-0.3, -0.25) is 9.36 Å². The number of benzene rings is 2. The Balaban J connectivity index is 1.88. The van der Waals surface area contributed by atoms with Gasteiger partial charge in [0.15, 0.2) is 11.0 Å². The minimum atomic E-state index is -4.45. The average Bonchev–Trinajstić information content (AvgIpc) is 3.15. The van der Waals surface area contributed by atoms with Gasteiger partial charge in [-0.1, -0.05) is 42.1 Å². The number of rotatable bonds is 7. The Morgan fingerprint density at radius 1 is 1.14 bits per heavy atom. The van der Waals surface area contributed by atoms with E-state index in [-0.39, 0.29) is 5.75 Å². The van der Waals surface area contributed by atoms with E-state index in [0.717, 1.165) is 23.0 Å². The lowest BCUT2D eigenvalue weighted by Gasteiger charge is -2.11. The lowest BCUT2D eigenvalue weighted by Crippen LogP contribution is -2.34. The molecule has 1 aromatic heterocycles. The van der Waals surface area contributed by atoms with E-state index < -0.39 is 18.6 Å². The molecule has 0 spiro atoms. The summed E-state index contributed by atoms with van der Waals surface area (Å²) in [5, 5.41) is 10.6. The van der Waals surface area contributed by atoms with Crippen LogP contribution in [0.4, 0.5) is 13.2 Å². The van der Waals surface area contributed by atoms with Gasteiger partial charge in [0.1, 0.15) is 12.3 Å². The Hall–Kier alpha value is -3.01. The van der Waals surface area contributed by atoms with E-state index in [1.54, 1.807) is 23.8 Å². The maximum atomic E-state index is 12.3. The Bertz CT molecular complexity index is 977. The van der Waals surface area contributed by atoms with Crippen LogP contribution in [0, 0.1) is 0 Å². The number of nitrogens with zero attached hydrogens (tertiary/aromatic N) is 3. The summed E-state index contributed by atoms with van der Waals surface area (Å²) < 4.78 is 43.8. The summed E-state index contributed by atoms with van der Waals surface area (Å²) in [4.78, 5) is 11.8. The van der Waals surface area contributed by atoms with Gasteiger partial charge in [-0.15, -0.1) is 10.2 Å². The van der Waals surface area contributed by atoms with Crippen LogP contribution in [0.2, 0.25) is 0 Å². The number of hydrogen-bond donors (Lipinski definition) is 1. The monoisotopic (exact) mass is 422 g/mol. The number of para-hydroxylation sites is 1. The average molecular weight is 422 g/mol. The first-order valence-corrected chi connectivity index (χ1v) is 9.47. The number of halogens is 3. The maximum Gasteiger partial charge on any atom is 0.405 e. The van der Waals surface area contributed by atoms with Gasteiger partial charge in [-0.2, -0.15) is 13.2 Å². The number of ether oxygens (including phenoxy) is 1. The molecule has 2 aromatic carbocycles. The second kappa shape index (κ2) is 8.99. The second-order valence-corrected chi connectivity index (χ2v) is 6.83. The van der Waals surface area contributed by atoms with E-state index in [2.05, 4.69) is 10.2 Å². The molecule has 10 heteroatoms. The van der Waals surface area contributed by atoms with Crippen molar-refractivity contribution >= 4 is 17.7 Å². The number of amides is 1. The first kappa shape index (κ1) is 20.7. The van der Waals surface area contributed by atoms with Crippen molar-refractivity contribution in [2.45, 2.75) is 11.3 Å². The standard InChI is InChI=1S/C19H17F3N4O2S/c1-28-15-9-5-6-13(10-15)17-24-25-18(26(17)14-7-3-2-4-8-14)29-11-16(27)23-12-19(20,21)22/h2-10H,11-12H2,1H3,(H,23,27). The number of carbonyl (C=O) groups excluding carboxylic acids is 1. The molecule has 3 rings (SSSR count). The third kappa shape index (κ3) is 5.50. The summed E-state index contributed by atoms with van der Waals surface area (Å²) in [6.45, 7) is -1.37. The molecule has 0 unspecified atom stereocenters. The number of methoxy groups -OCH3 is 1. The van der Waals surface area contributed by atoms with Crippen LogP contribution in [0.5, 0.6) is 5.75 Å². The van der Waals surface area contributed by atoms with Crippen LogP contribution in [0.15, 0.2) is 59.8 Å². The van der Waals surface area contributed by atoms with Gasteiger partial charge in [0.2, 0.25) is 5.91 Å². The van der Waals surface area contributed by atoms with Crippen molar-refractivity contribution in [3.8, 4) is 22.8 Å². The van der Waals surface area contributed by atoms with Gasteiger partial charge in [0.05, 0.1) is 12.9 Å². The quantitative estimate of drug-likeness (QED) is 0.588. The lowest BCUT2D eigenvalue weighted by atomic mass is 10.2. The van der Waals surface area contributed by atoms with Crippen LogP contribution in [0.25, 0.3) is 17.1 Å². The Labute approximate surface area is 169 Å². The number of nitrogens with one attached hydrogen (secondary N) is 1. The molecule has 0 saturated carbocycles. The fraction of sp³-hybridized carbons (Fsp3) is 0.211. The summed E-state index contributed by atoms with van der Waals surface area (Å²) in [5.74, 6) is 0.205. The van der Waals surface area contributed by atoms with Gasteiger partial charge in [-0.25, -0.2) is 0 Å². The highest BCUT2D eigenvalue weighted by Gasteiger charge is 2.27. The van der Waals surface area contributed by atoms with Gasteiger partial charge in [0.25, 0.3) is 0 Å². The molecular weight excluding hydrogens is 405 g/mol. The number of carbonyl (C=O) groups is 1. The fourth-order valence-corrected chi connectivity index (χ4v) is 3.28. The summed E-state index contributed by atoms with van der Waals surface area (Å²) in [7, 11) is 1.56. The van der Waals surface area contributed by atoms with Gasteiger partial charge in [-0.05, 0) is 24.3 Å². The molecule has 0 atom stereocenters. The minimum Gasteiger partial charge on any atom is -0.497 e. The molecule has 0 aliphatic carbocycles. The third-order valence-electron chi connectivity index (χ3n) is 3.79. The van der Waals surface area contributed by atoms with Crippen LogP contribution in [-0.4, -0.2) is 46.3 Å². The van der Waals surface area contributed by atoms with Gasteiger partial charge in [0, 0.05) is 11.3 Å². The van der Waals surface area contributed by atoms with Crippen LogP contribution < -0.4 is 10.1 Å². The highest BCUT2D eigenvalue weighted by Crippen LogP contribution is 2.29. The molecule has 1 N–H and O–H groups in total. The number of alkyl halides is 3. The van der Waals surface area contributed by atoms with E-state index in [4.69, 9.17) is 4.74 Å². The predicted octanol–water partition coefficient (Wildman–Crippen LogP) is 3.71. The van der Waals surface area contributed by atoms with Crippen molar-refractivity contribution in [1.29, 1.82) is 0 Å². The highest BCUT2D eigenvalue weighted by atomic mass is 32.2. The summed E-state index contributed by atoms with van der Waals surface area (Å²) in [6.07, 6.45) is -4.45. The summed E-state index contributed by atoms with van der Waals surface area (Å²) in [5.41, 5.74) is 1.50. The van der Waals surface area contributed by atoms with Crippen LogP contribution in [-0.2, 0) is 4.79 Å². The number of aromatic nitrogens is 3. The molecule has 152 valence electrons. The first-order valence-electron chi connectivity index (χ1n) is 8.49. The Morgan fingerprint density at radius 3 is 2.59 bits per heavy atom. The van der Waals surface area contributed by atoms with Crippen molar-refractivity contribution in [3.05, 3.63) is 54.6 Å². The van der Waals surface area contributed by atoms with E-state index in [1.807, 2.05) is 47.8 Å². The second-order valence-electron chi connectivity index (χ2n) is 5.89. The first-order chi connectivity index (χ1) is 13.9. The highest BCUT2D eigenvalue weighted by molar-refractivity contribution is 7.99. The molecule has 29 heavy (non-hydrogen) atoms. The van der Waals surface area contributed by atoms with E-state index in [9.17, 15) is 18.0 Å². The molecule has 0 aliphatic heterocycles. The zero-order chi connectivity index (χ0) is 20.9. The molecule has 0 bridgehead atoms. The molecule has 3 aromatic rings. The van der Waals surface area contributed by atoms with Gasteiger partial charge >= 0.3 is 6.18 Å². The zero-order valence-corrected chi connectivity index (χ0v) is 16.1. The van der Waals surface area contributed by atoms with Crippen molar-refractivity contribution in [3.63, 3.8) is 0 Å². The Morgan fingerprint density at radius 2 is 1.90 bits per heavy atom. The SMILES string of the molecule is COc1cccc(-c2nnc(SCC(=O)NCC(F)(F)F)n2-c2ccccc2)c1. The number of hydrogen-bond acceptors (Lipinski definition) is 5. The molecule has 0 saturated heterocycles. The third-order valence-corrected chi connectivity index (χ3v) is 4.72. The molecule has 6 nitrogen and oxygen atoms in total. The molecule has 0 fully saturated rings. The Kier molecular flexibility index (Phi) is 6.42. The fourth-order valence-electron chi connectivity index (χ4n) is 2.50. The van der Waals surface area contributed by atoms with Crippen LogP contribution >= 0.6 is 11.8 Å². The molecule has 0 radical (unpaired) electrons. The molecule has 1 heterocycles. The molecule has 0 aliphatic rings. The van der Waals surface area contributed by atoms with E-state index in [1.165, 1.54) is 0 Å². The van der Waals surface area contributed by atoms with Gasteiger partial charge < -0.3 is 10.1 Å². The van der Waals surface area contributed by atoms with Crippen molar-refractivity contribution < 1.29 is 22.7 Å². The smallest absolute Gasteiger partial charge is 0.405 e. The summed E-state index contributed by atoms with van der Waals surface area (Å²) in [6, 6.07) is 16.5. The normalized spacial score (nSPS) is 11.3.